The highest BCUT2D eigenvalue weighted by Crippen LogP contribution is 2.13. The van der Waals surface area contributed by atoms with Crippen LogP contribution in [0.25, 0.3) is 5.69 Å². The molecule has 0 radical (unpaired) electrons. The summed E-state index contributed by atoms with van der Waals surface area (Å²) in [5, 5.41) is 7.74. The zero-order valence-corrected chi connectivity index (χ0v) is 13.2. The van der Waals surface area contributed by atoms with Crippen molar-refractivity contribution >= 4 is 17.5 Å². The maximum absolute atomic E-state index is 12.3. The van der Waals surface area contributed by atoms with E-state index in [1.54, 1.807) is 16.8 Å². The number of rotatable bonds is 4. The van der Waals surface area contributed by atoms with Gasteiger partial charge < -0.3 is 5.32 Å². The van der Waals surface area contributed by atoms with E-state index in [2.05, 4.69) is 15.4 Å². The summed E-state index contributed by atoms with van der Waals surface area (Å²) in [7, 11) is 0. The van der Waals surface area contributed by atoms with Gasteiger partial charge in [-0.25, -0.2) is 9.67 Å². The van der Waals surface area contributed by atoms with Crippen LogP contribution in [-0.2, 0) is 0 Å². The van der Waals surface area contributed by atoms with Crippen molar-refractivity contribution in [1.29, 1.82) is 0 Å². The van der Waals surface area contributed by atoms with Gasteiger partial charge in [-0.1, -0.05) is 41.9 Å². The Morgan fingerprint density at radius 2 is 1.83 bits per heavy atom. The molecule has 23 heavy (non-hydrogen) atoms. The minimum atomic E-state index is -0.311. The van der Waals surface area contributed by atoms with Crippen LogP contribution in [0.1, 0.15) is 29.1 Å². The van der Waals surface area contributed by atoms with Crippen molar-refractivity contribution in [2.24, 2.45) is 0 Å². The van der Waals surface area contributed by atoms with Gasteiger partial charge in [0.1, 0.15) is 6.33 Å². The molecule has 3 aromatic rings. The number of nitrogens with one attached hydrogen (secondary N) is 1. The van der Waals surface area contributed by atoms with Crippen LogP contribution in [0.4, 0.5) is 0 Å². The van der Waals surface area contributed by atoms with Gasteiger partial charge in [0.25, 0.3) is 5.91 Å². The Morgan fingerprint density at radius 1 is 1.13 bits per heavy atom. The van der Waals surface area contributed by atoms with E-state index in [4.69, 9.17) is 11.6 Å². The molecule has 0 saturated heterocycles. The largest absolute Gasteiger partial charge is 0.343 e. The predicted octanol–water partition coefficient (Wildman–Crippen LogP) is 3.41. The summed E-state index contributed by atoms with van der Waals surface area (Å²) < 4.78 is 1.54. The first-order chi connectivity index (χ1) is 11.1. The SMILES string of the molecule is C[C@H](NC(=O)c1ncn(-c2ccc(Cl)cc2)n1)c1ccccc1. The lowest BCUT2D eigenvalue weighted by atomic mass is 10.1. The fourth-order valence-corrected chi connectivity index (χ4v) is 2.30. The third-order valence-corrected chi connectivity index (χ3v) is 3.69. The Hall–Kier alpha value is -2.66. The quantitative estimate of drug-likeness (QED) is 0.799. The number of hydrogen-bond acceptors (Lipinski definition) is 3. The van der Waals surface area contributed by atoms with Crippen LogP contribution < -0.4 is 5.32 Å². The first-order valence-corrected chi connectivity index (χ1v) is 7.55. The molecule has 5 nitrogen and oxygen atoms in total. The summed E-state index contributed by atoms with van der Waals surface area (Å²) in [5.41, 5.74) is 1.81. The number of aromatic nitrogens is 3. The molecule has 0 aliphatic heterocycles. The third-order valence-electron chi connectivity index (χ3n) is 3.43. The molecular weight excluding hydrogens is 312 g/mol. The van der Waals surface area contributed by atoms with Gasteiger partial charge in [-0.15, -0.1) is 5.10 Å². The first kappa shape index (κ1) is 15.2. The predicted molar refractivity (Wildman–Crippen MR) is 88.7 cm³/mol. The molecule has 0 fully saturated rings. The molecule has 0 spiro atoms. The molecule has 0 unspecified atom stereocenters. The van der Waals surface area contributed by atoms with Crippen molar-refractivity contribution < 1.29 is 4.79 Å². The second kappa shape index (κ2) is 6.62. The van der Waals surface area contributed by atoms with E-state index in [0.29, 0.717) is 5.02 Å². The minimum absolute atomic E-state index is 0.119. The molecule has 2 aromatic carbocycles. The highest BCUT2D eigenvalue weighted by atomic mass is 35.5. The highest BCUT2D eigenvalue weighted by Gasteiger charge is 2.15. The lowest BCUT2D eigenvalue weighted by molar-refractivity contribution is 0.0929. The summed E-state index contributed by atoms with van der Waals surface area (Å²) in [6.45, 7) is 1.92. The minimum Gasteiger partial charge on any atom is -0.343 e. The van der Waals surface area contributed by atoms with Crippen LogP contribution in [0.3, 0.4) is 0 Å². The zero-order valence-electron chi connectivity index (χ0n) is 12.5. The summed E-state index contributed by atoms with van der Waals surface area (Å²) in [4.78, 5) is 16.3. The van der Waals surface area contributed by atoms with Gasteiger partial charge >= 0.3 is 0 Å². The molecule has 0 aliphatic carbocycles. The third kappa shape index (κ3) is 3.57. The van der Waals surface area contributed by atoms with Crippen LogP contribution in [0.15, 0.2) is 60.9 Å². The fraction of sp³-hybridized carbons (Fsp3) is 0.118. The molecule has 0 bridgehead atoms. The monoisotopic (exact) mass is 326 g/mol. The van der Waals surface area contributed by atoms with Crippen molar-refractivity contribution in [3.8, 4) is 5.69 Å². The van der Waals surface area contributed by atoms with Gasteiger partial charge in [-0.3, -0.25) is 4.79 Å². The van der Waals surface area contributed by atoms with Gasteiger partial charge in [0.15, 0.2) is 0 Å². The molecule has 1 heterocycles. The van der Waals surface area contributed by atoms with E-state index >= 15 is 0 Å². The summed E-state index contributed by atoms with van der Waals surface area (Å²) in [6.07, 6.45) is 1.51. The standard InChI is InChI=1S/C17H15ClN4O/c1-12(13-5-3-2-4-6-13)20-17(23)16-19-11-22(21-16)15-9-7-14(18)8-10-15/h2-12H,1H3,(H,20,23)/t12-/m0/s1. The summed E-state index contributed by atoms with van der Waals surface area (Å²) in [5.74, 6) is -0.184. The second-order valence-electron chi connectivity index (χ2n) is 5.09. The lowest BCUT2D eigenvalue weighted by Crippen LogP contribution is -2.27. The Bertz CT molecular complexity index is 799. The van der Waals surface area contributed by atoms with E-state index in [1.165, 1.54) is 6.33 Å². The number of carbonyl (C=O) groups excluding carboxylic acids is 1. The smallest absolute Gasteiger partial charge is 0.291 e. The van der Waals surface area contributed by atoms with E-state index in [0.717, 1.165) is 11.3 Å². The fourth-order valence-electron chi connectivity index (χ4n) is 2.17. The zero-order chi connectivity index (χ0) is 16.2. The molecular formula is C17H15ClN4O. The van der Waals surface area contributed by atoms with Crippen LogP contribution in [0.2, 0.25) is 5.02 Å². The number of halogens is 1. The van der Waals surface area contributed by atoms with Gasteiger partial charge in [-0.2, -0.15) is 0 Å². The van der Waals surface area contributed by atoms with E-state index in [1.807, 2.05) is 49.4 Å². The first-order valence-electron chi connectivity index (χ1n) is 7.17. The highest BCUT2D eigenvalue weighted by molar-refractivity contribution is 6.30. The van der Waals surface area contributed by atoms with Gasteiger partial charge in [-0.05, 0) is 36.8 Å². The van der Waals surface area contributed by atoms with Crippen molar-refractivity contribution in [2.75, 3.05) is 0 Å². The van der Waals surface area contributed by atoms with Crippen molar-refractivity contribution in [3.05, 3.63) is 77.3 Å². The molecule has 1 amide bonds. The average Bonchev–Trinajstić information content (AvgIpc) is 3.06. The molecule has 1 aromatic heterocycles. The topological polar surface area (TPSA) is 59.8 Å². The Labute approximate surface area is 138 Å². The Morgan fingerprint density at radius 3 is 2.52 bits per heavy atom. The van der Waals surface area contributed by atoms with E-state index in [-0.39, 0.29) is 17.8 Å². The molecule has 0 saturated carbocycles. The van der Waals surface area contributed by atoms with Crippen molar-refractivity contribution in [3.63, 3.8) is 0 Å². The number of carbonyl (C=O) groups is 1. The van der Waals surface area contributed by atoms with Crippen molar-refractivity contribution in [2.45, 2.75) is 13.0 Å². The maximum Gasteiger partial charge on any atom is 0.291 e. The van der Waals surface area contributed by atoms with Crippen LogP contribution >= 0.6 is 11.6 Å². The maximum atomic E-state index is 12.3. The molecule has 116 valence electrons. The second-order valence-corrected chi connectivity index (χ2v) is 5.53. The van der Waals surface area contributed by atoms with Gasteiger partial charge in [0.05, 0.1) is 11.7 Å². The Kier molecular flexibility index (Phi) is 4.39. The average molecular weight is 327 g/mol. The normalized spacial score (nSPS) is 11.9. The van der Waals surface area contributed by atoms with Crippen LogP contribution in [0.5, 0.6) is 0 Å². The van der Waals surface area contributed by atoms with E-state index < -0.39 is 0 Å². The lowest BCUT2D eigenvalue weighted by Gasteiger charge is -2.12. The molecule has 3 rings (SSSR count). The van der Waals surface area contributed by atoms with Crippen LogP contribution in [-0.4, -0.2) is 20.7 Å². The number of hydrogen-bond donors (Lipinski definition) is 1. The van der Waals surface area contributed by atoms with Crippen LogP contribution in [0, 0.1) is 0 Å². The molecule has 6 heteroatoms. The molecule has 1 N–H and O–H groups in total. The molecule has 1 atom stereocenters. The summed E-state index contributed by atoms with van der Waals surface area (Å²) in [6, 6.07) is 16.8. The molecule has 0 aliphatic rings. The summed E-state index contributed by atoms with van der Waals surface area (Å²) >= 11 is 5.86. The number of nitrogens with zero attached hydrogens (tertiary/aromatic N) is 3. The van der Waals surface area contributed by atoms with E-state index in [9.17, 15) is 4.79 Å². The van der Waals surface area contributed by atoms with Gasteiger partial charge in [0, 0.05) is 5.02 Å². The number of amides is 1. The van der Waals surface area contributed by atoms with Gasteiger partial charge in [0.2, 0.25) is 5.82 Å². The number of benzene rings is 2. The van der Waals surface area contributed by atoms with Crippen molar-refractivity contribution in [1.82, 2.24) is 20.1 Å². The Balaban J connectivity index is 1.72.